The van der Waals surface area contributed by atoms with Gasteiger partial charge in [-0.1, -0.05) is 42.5 Å². The highest BCUT2D eigenvalue weighted by molar-refractivity contribution is 6.05. The van der Waals surface area contributed by atoms with Crippen LogP contribution in [0, 0.1) is 0 Å². The maximum absolute atomic E-state index is 12.8. The van der Waals surface area contributed by atoms with Crippen LogP contribution in [0.1, 0.15) is 44.8 Å². The van der Waals surface area contributed by atoms with Crippen molar-refractivity contribution < 1.29 is 19.2 Å². The second-order valence-electron chi connectivity index (χ2n) is 8.48. The van der Waals surface area contributed by atoms with Crippen molar-refractivity contribution in [3.63, 3.8) is 0 Å². The Hall–Kier alpha value is -4.27. The number of piperidine rings is 1. The van der Waals surface area contributed by atoms with E-state index in [1.807, 2.05) is 36.4 Å². The van der Waals surface area contributed by atoms with E-state index in [-0.39, 0.29) is 30.7 Å². The summed E-state index contributed by atoms with van der Waals surface area (Å²) >= 11 is 0. The number of aryl methyl sites for hydroxylation is 1. The van der Waals surface area contributed by atoms with Gasteiger partial charge < -0.3 is 10.2 Å². The summed E-state index contributed by atoms with van der Waals surface area (Å²) in [5.74, 6) is -1.22. The van der Waals surface area contributed by atoms with Crippen molar-refractivity contribution in [2.24, 2.45) is 7.05 Å². The molecule has 9 nitrogen and oxygen atoms in total. The molecule has 3 aromatic rings. The van der Waals surface area contributed by atoms with Gasteiger partial charge in [-0.05, 0) is 29.7 Å². The van der Waals surface area contributed by atoms with Crippen molar-refractivity contribution in [3.8, 4) is 11.3 Å². The minimum absolute atomic E-state index is 0.216. The number of hydrogen-bond acceptors (Lipinski definition) is 5. The summed E-state index contributed by atoms with van der Waals surface area (Å²) in [4.78, 5) is 50.8. The van der Waals surface area contributed by atoms with Gasteiger partial charge in [0.15, 0.2) is 0 Å². The smallest absolute Gasteiger partial charge is 0.269 e. The fraction of sp³-hybridized carbons (Fsp3) is 0.240. The number of rotatable bonds is 5. The predicted molar refractivity (Wildman–Crippen MR) is 122 cm³/mol. The van der Waals surface area contributed by atoms with Gasteiger partial charge in [-0.3, -0.25) is 29.2 Å². The molecule has 2 aliphatic heterocycles. The average molecular weight is 457 g/mol. The van der Waals surface area contributed by atoms with E-state index in [0.29, 0.717) is 24.2 Å². The fourth-order valence-electron chi connectivity index (χ4n) is 4.44. The second-order valence-corrected chi connectivity index (χ2v) is 8.48. The molecule has 172 valence electrons. The summed E-state index contributed by atoms with van der Waals surface area (Å²) in [6, 6.07) is 16.1. The monoisotopic (exact) mass is 457 g/mol. The van der Waals surface area contributed by atoms with E-state index in [0.717, 1.165) is 22.4 Å². The van der Waals surface area contributed by atoms with E-state index < -0.39 is 11.9 Å². The molecule has 1 fully saturated rings. The van der Waals surface area contributed by atoms with E-state index in [2.05, 4.69) is 15.7 Å². The summed E-state index contributed by atoms with van der Waals surface area (Å²) in [6.45, 7) is 0.578. The molecule has 2 aliphatic rings. The van der Waals surface area contributed by atoms with Crippen molar-refractivity contribution in [3.05, 3.63) is 77.0 Å². The van der Waals surface area contributed by atoms with Crippen molar-refractivity contribution in [2.45, 2.75) is 32.0 Å². The van der Waals surface area contributed by atoms with E-state index in [1.54, 1.807) is 29.9 Å². The van der Waals surface area contributed by atoms with Gasteiger partial charge in [-0.25, -0.2) is 0 Å². The summed E-state index contributed by atoms with van der Waals surface area (Å²) in [7, 11) is 1.73. The molecule has 1 aromatic heterocycles. The first-order chi connectivity index (χ1) is 16.4. The van der Waals surface area contributed by atoms with E-state index in [9.17, 15) is 19.2 Å². The van der Waals surface area contributed by atoms with Gasteiger partial charge in [0.05, 0.1) is 5.69 Å². The number of hydrogen-bond donors (Lipinski definition) is 2. The lowest BCUT2D eigenvalue weighted by molar-refractivity contribution is -0.136. The van der Waals surface area contributed by atoms with Gasteiger partial charge in [0.2, 0.25) is 11.8 Å². The number of fused-ring (bicyclic) bond motifs is 1. The second kappa shape index (κ2) is 8.58. The Bertz CT molecular complexity index is 1310. The van der Waals surface area contributed by atoms with E-state index >= 15 is 0 Å². The highest BCUT2D eigenvalue weighted by atomic mass is 16.2. The average Bonchev–Trinajstić information content (AvgIpc) is 3.38. The molecule has 1 atom stereocenters. The minimum Gasteiger partial charge on any atom is -0.347 e. The van der Waals surface area contributed by atoms with Crippen LogP contribution in [-0.2, 0) is 29.7 Å². The Morgan fingerprint density at radius 2 is 1.91 bits per heavy atom. The minimum atomic E-state index is -0.649. The molecule has 9 heteroatoms. The first-order valence-electron chi connectivity index (χ1n) is 11.0. The molecule has 0 saturated carbocycles. The van der Waals surface area contributed by atoms with Crippen LogP contribution in [0.15, 0.2) is 54.6 Å². The zero-order valence-electron chi connectivity index (χ0n) is 18.6. The van der Waals surface area contributed by atoms with Gasteiger partial charge in [0.25, 0.3) is 11.8 Å². The lowest BCUT2D eigenvalue weighted by Gasteiger charge is -2.29. The van der Waals surface area contributed by atoms with Gasteiger partial charge in [0, 0.05) is 37.7 Å². The van der Waals surface area contributed by atoms with Crippen molar-refractivity contribution in [2.75, 3.05) is 0 Å². The Kier molecular flexibility index (Phi) is 5.45. The molecule has 1 saturated heterocycles. The maximum atomic E-state index is 12.8. The van der Waals surface area contributed by atoms with Crippen LogP contribution < -0.4 is 10.6 Å². The standard InChI is InChI=1S/C25H23N5O4/c1-29-21(12-19(28-29)16-5-3-2-4-6-16)23(32)26-13-15-7-8-18-17(11-15)14-30(25(18)34)20-9-10-22(31)27-24(20)33/h2-8,11-12,20H,9-10,13-14H2,1H3,(H,26,32)(H,27,31,33). The summed E-state index contributed by atoms with van der Waals surface area (Å²) in [6.07, 6.45) is 0.538. The van der Waals surface area contributed by atoms with Crippen LogP contribution in [0.25, 0.3) is 11.3 Å². The van der Waals surface area contributed by atoms with Gasteiger partial charge >= 0.3 is 0 Å². The van der Waals surface area contributed by atoms with Crippen LogP contribution >= 0.6 is 0 Å². The first kappa shape index (κ1) is 21.6. The van der Waals surface area contributed by atoms with Crippen LogP contribution in [0.5, 0.6) is 0 Å². The third-order valence-corrected chi connectivity index (χ3v) is 6.22. The molecule has 4 amide bonds. The molecule has 0 aliphatic carbocycles. The van der Waals surface area contributed by atoms with Crippen LogP contribution in [0.4, 0.5) is 0 Å². The lowest BCUT2D eigenvalue weighted by Crippen LogP contribution is -2.52. The number of aromatic nitrogens is 2. The van der Waals surface area contributed by atoms with Crippen molar-refractivity contribution in [1.29, 1.82) is 0 Å². The normalized spacial score (nSPS) is 17.5. The number of amides is 4. The fourth-order valence-corrected chi connectivity index (χ4v) is 4.44. The molecule has 34 heavy (non-hydrogen) atoms. The van der Waals surface area contributed by atoms with E-state index in [1.165, 1.54) is 4.90 Å². The SMILES string of the molecule is Cn1nc(-c2ccccc2)cc1C(=O)NCc1ccc2c(c1)CN(C1CCC(=O)NC1=O)C2=O. The maximum Gasteiger partial charge on any atom is 0.269 e. The molecule has 1 unspecified atom stereocenters. The van der Waals surface area contributed by atoms with Crippen LogP contribution in [0.3, 0.4) is 0 Å². The van der Waals surface area contributed by atoms with Gasteiger partial charge in [0.1, 0.15) is 11.7 Å². The highest BCUT2D eigenvalue weighted by Crippen LogP contribution is 2.28. The molecule has 3 heterocycles. The van der Waals surface area contributed by atoms with Crippen molar-refractivity contribution in [1.82, 2.24) is 25.3 Å². The molecular weight excluding hydrogens is 434 g/mol. The Morgan fingerprint density at radius 3 is 2.68 bits per heavy atom. The van der Waals surface area contributed by atoms with Crippen LogP contribution in [-0.4, -0.2) is 44.4 Å². The van der Waals surface area contributed by atoms with Gasteiger partial charge in [-0.15, -0.1) is 0 Å². The lowest BCUT2D eigenvalue weighted by atomic mass is 10.0. The Balaban J connectivity index is 1.26. The number of nitrogens with one attached hydrogen (secondary N) is 2. The summed E-state index contributed by atoms with van der Waals surface area (Å²) < 4.78 is 1.55. The quantitative estimate of drug-likeness (QED) is 0.567. The highest BCUT2D eigenvalue weighted by Gasteiger charge is 2.39. The largest absolute Gasteiger partial charge is 0.347 e. The number of carbonyl (C=O) groups is 4. The molecule has 0 bridgehead atoms. The zero-order chi connectivity index (χ0) is 23.8. The Morgan fingerprint density at radius 1 is 1.12 bits per heavy atom. The number of carbonyl (C=O) groups excluding carboxylic acids is 4. The number of imide groups is 1. The van der Waals surface area contributed by atoms with Crippen LogP contribution in [0.2, 0.25) is 0 Å². The zero-order valence-corrected chi connectivity index (χ0v) is 18.6. The number of nitrogens with zero attached hydrogens (tertiary/aromatic N) is 3. The topological polar surface area (TPSA) is 113 Å². The molecule has 2 N–H and O–H groups in total. The molecule has 5 rings (SSSR count). The molecule has 0 radical (unpaired) electrons. The third kappa shape index (κ3) is 3.96. The summed E-state index contributed by atoms with van der Waals surface area (Å²) in [5.41, 5.74) is 4.28. The third-order valence-electron chi connectivity index (χ3n) is 6.22. The van der Waals surface area contributed by atoms with Crippen molar-refractivity contribution >= 4 is 23.6 Å². The first-order valence-corrected chi connectivity index (χ1v) is 11.0. The predicted octanol–water partition coefficient (Wildman–Crippen LogP) is 1.78. The van der Waals surface area contributed by atoms with Gasteiger partial charge in [-0.2, -0.15) is 5.10 Å². The number of benzene rings is 2. The Labute approximate surface area is 195 Å². The molecule has 0 spiro atoms. The summed E-state index contributed by atoms with van der Waals surface area (Å²) in [5, 5.41) is 9.65. The molecular formula is C25H23N5O4. The molecule has 2 aromatic carbocycles. The van der Waals surface area contributed by atoms with E-state index in [4.69, 9.17) is 0 Å².